The summed E-state index contributed by atoms with van der Waals surface area (Å²) in [5.74, 6) is 1.24. The van der Waals surface area contributed by atoms with Gasteiger partial charge in [-0.05, 0) is 50.2 Å². The van der Waals surface area contributed by atoms with Crippen molar-refractivity contribution >= 4 is 11.6 Å². The molecule has 4 heterocycles. The molecule has 0 amide bonds. The van der Waals surface area contributed by atoms with E-state index >= 15 is 0 Å². The van der Waals surface area contributed by atoms with E-state index in [1.807, 2.05) is 60.9 Å². The molecule has 194 valence electrons. The monoisotopic (exact) mass is 518 g/mol. The average molecular weight is 519 g/mol. The van der Waals surface area contributed by atoms with E-state index in [1.54, 1.807) is 11.9 Å². The first kappa shape index (κ1) is 25.3. The van der Waals surface area contributed by atoms with Crippen LogP contribution in [0.5, 0.6) is 0 Å². The molecule has 38 heavy (non-hydrogen) atoms. The minimum absolute atomic E-state index is 0.0326. The second-order valence-electron chi connectivity index (χ2n) is 9.12. The molecule has 3 aromatic heterocycles. The number of halogens is 3. The first-order valence-corrected chi connectivity index (χ1v) is 12.3. The van der Waals surface area contributed by atoms with Crippen molar-refractivity contribution in [2.75, 3.05) is 43.0 Å². The maximum absolute atomic E-state index is 13.6. The summed E-state index contributed by atoms with van der Waals surface area (Å²) in [6.07, 6.45) is -3.06. The SMILES string of the molecule is C[N+]#Cc1ccc(-c2cc(N3CCN(c4ncccc4C(F)(F)F)CC3)nc(-n3c(C)ccc3C)n2)cc1. The van der Waals surface area contributed by atoms with Gasteiger partial charge in [0, 0.05) is 55.4 Å². The number of hydrogen-bond acceptors (Lipinski definition) is 5. The fourth-order valence-corrected chi connectivity index (χ4v) is 4.68. The van der Waals surface area contributed by atoms with Gasteiger partial charge >= 0.3 is 12.2 Å². The highest BCUT2D eigenvalue weighted by atomic mass is 19.4. The second kappa shape index (κ2) is 10.2. The summed E-state index contributed by atoms with van der Waals surface area (Å²) >= 11 is 0. The molecule has 7 nitrogen and oxygen atoms in total. The molecule has 0 bridgehead atoms. The van der Waals surface area contributed by atoms with Crippen molar-refractivity contribution in [1.29, 1.82) is 0 Å². The highest BCUT2D eigenvalue weighted by Crippen LogP contribution is 2.35. The molecule has 1 aliphatic heterocycles. The van der Waals surface area contributed by atoms with Crippen LogP contribution in [0.15, 0.2) is 60.8 Å². The van der Waals surface area contributed by atoms with Crippen molar-refractivity contribution in [3.8, 4) is 23.3 Å². The lowest BCUT2D eigenvalue weighted by molar-refractivity contribution is -0.137. The van der Waals surface area contributed by atoms with Gasteiger partial charge in [0.15, 0.2) is 0 Å². The van der Waals surface area contributed by atoms with Crippen LogP contribution < -0.4 is 9.80 Å². The molecule has 1 fully saturated rings. The molecule has 1 aliphatic rings. The number of benzene rings is 1. The van der Waals surface area contributed by atoms with Crippen molar-refractivity contribution in [2.45, 2.75) is 20.0 Å². The molecule has 0 aliphatic carbocycles. The molecule has 0 unspecified atom stereocenters. The van der Waals surface area contributed by atoms with E-state index in [9.17, 15) is 13.2 Å². The zero-order valence-electron chi connectivity index (χ0n) is 21.4. The van der Waals surface area contributed by atoms with Gasteiger partial charge in [-0.15, -0.1) is 0 Å². The maximum atomic E-state index is 13.6. The number of anilines is 2. The van der Waals surface area contributed by atoms with Crippen molar-refractivity contribution in [1.82, 2.24) is 19.5 Å². The molecule has 4 aromatic rings. The van der Waals surface area contributed by atoms with Crippen LogP contribution in [0.25, 0.3) is 22.1 Å². The molecule has 0 spiro atoms. The highest BCUT2D eigenvalue weighted by Gasteiger charge is 2.36. The van der Waals surface area contributed by atoms with E-state index in [1.165, 1.54) is 12.3 Å². The summed E-state index contributed by atoms with van der Waals surface area (Å²) < 4.78 is 42.7. The first-order valence-electron chi connectivity index (χ1n) is 12.3. The maximum Gasteiger partial charge on any atom is 0.419 e. The van der Waals surface area contributed by atoms with Gasteiger partial charge in [0.2, 0.25) is 5.95 Å². The standard InChI is InChI=1S/C28H27F3N7/c1-19-6-7-20(2)38(19)27-34-24(22-10-8-21(9-11-22)18-32-3)17-25(35-27)36-13-15-37(16-14-36)26-23(28(29,30)31)5-4-12-33-26/h4-12,17H,13-16H2,1-3H3/q+1. The Balaban J connectivity index is 1.48. The summed E-state index contributed by atoms with van der Waals surface area (Å²) in [5.41, 5.74) is 3.84. The predicted octanol–water partition coefficient (Wildman–Crippen LogP) is 5.60. The van der Waals surface area contributed by atoms with Crippen LogP contribution in [0.1, 0.15) is 22.5 Å². The van der Waals surface area contributed by atoms with E-state index in [0.29, 0.717) is 32.1 Å². The number of rotatable bonds is 4. The molecule has 5 rings (SSSR count). The summed E-state index contributed by atoms with van der Waals surface area (Å²) in [5, 5.41) is 0. The Labute approximate surface area is 219 Å². The number of hydrogen-bond donors (Lipinski definition) is 0. The molecular weight excluding hydrogens is 491 g/mol. The molecule has 10 heteroatoms. The lowest BCUT2D eigenvalue weighted by Crippen LogP contribution is -2.47. The van der Waals surface area contributed by atoms with E-state index in [-0.39, 0.29) is 5.82 Å². The van der Waals surface area contributed by atoms with Crippen LogP contribution in [0, 0.1) is 19.9 Å². The average Bonchev–Trinajstić information content (AvgIpc) is 3.26. The van der Waals surface area contributed by atoms with Gasteiger partial charge in [0.05, 0.1) is 11.3 Å². The van der Waals surface area contributed by atoms with Gasteiger partial charge in [0.25, 0.3) is 7.05 Å². The third-order valence-electron chi connectivity index (χ3n) is 6.59. The van der Waals surface area contributed by atoms with Gasteiger partial charge in [0.1, 0.15) is 17.2 Å². The second-order valence-corrected chi connectivity index (χ2v) is 9.12. The normalized spacial score (nSPS) is 13.8. The summed E-state index contributed by atoms with van der Waals surface area (Å²) in [6, 6.07) is 19.1. The minimum Gasteiger partial charge on any atom is -0.353 e. The third kappa shape index (κ3) is 5.05. The molecule has 0 saturated carbocycles. The zero-order chi connectivity index (χ0) is 26.9. The van der Waals surface area contributed by atoms with Gasteiger partial charge in [-0.25, -0.2) is 9.97 Å². The lowest BCUT2D eigenvalue weighted by Gasteiger charge is -2.37. The number of nitrogens with zero attached hydrogens (tertiary/aromatic N) is 7. The Kier molecular flexibility index (Phi) is 6.76. The van der Waals surface area contributed by atoms with E-state index < -0.39 is 11.7 Å². The number of alkyl halides is 3. The molecule has 1 aromatic carbocycles. The minimum atomic E-state index is -4.46. The molecule has 0 atom stereocenters. The molecule has 0 N–H and O–H groups in total. The van der Waals surface area contributed by atoms with E-state index in [2.05, 4.69) is 20.8 Å². The smallest absolute Gasteiger partial charge is 0.353 e. The topological polar surface area (TPSA) is 54.4 Å². The number of piperazine rings is 1. The van der Waals surface area contributed by atoms with Gasteiger partial charge in [-0.2, -0.15) is 18.2 Å². The third-order valence-corrected chi connectivity index (χ3v) is 6.59. The van der Waals surface area contributed by atoms with E-state index in [0.717, 1.165) is 40.1 Å². The highest BCUT2D eigenvalue weighted by molar-refractivity contribution is 5.65. The van der Waals surface area contributed by atoms with Gasteiger partial charge in [-0.3, -0.25) is 4.57 Å². The van der Waals surface area contributed by atoms with Gasteiger partial charge < -0.3 is 9.80 Å². The zero-order valence-corrected chi connectivity index (χ0v) is 21.4. The fraction of sp³-hybridized carbons (Fsp3) is 0.286. The quantitative estimate of drug-likeness (QED) is 0.352. The van der Waals surface area contributed by atoms with Gasteiger partial charge in [-0.1, -0.05) is 17.0 Å². The summed E-state index contributed by atoms with van der Waals surface area (Å²) in [7, 11) is 1.68. The Morgan fingerprint density at radius 3 is 2.16 bits per heavy atom. The van der Waals surface area contributed by atoms with Crippen LogP contribution in [0.4, 0.5) is 24.8 Å². The molecule has 1 saturated heterocycles. The van der Waals surface area contributed by atoms with Crippen LogP contribution in [0.3, 0.4) is 0 Å². The summed E-state index contributed by atoms with van der Waals surface area (Å²) in [4.78, 5) is 21.5. The van der Waals surface area contributed by atoms with Crippen molar-refractivity contribution in [2.24, 2.45) is 0 Å². The van der Waals surface area contributed by atoms with Crippen molar-refractivity contribution in [3.05, 3.63) is 88.2 Å². The lowest BCUT2D eigenvalue weighted by atomic mass is 10.1. The number of pyridine rings is 1. The van der Waals surface area contributed by atoms with Crippen LogP contribution in [0.2, 0.25) is 0 Å². The van der Waals surface area contributed by atoms with E-state index in [4.69, 9.17) is 9.97 Å². The first-order chi connectivity index (χ1) is 18.2. The fourth-order valence-electron chi connectivity index (χ4n) is 4.68. The molecule has 0 radical (unpaired) electrons. The van der Waals surface area contributed by atoms with Crippen LogP contribution in [-0.2, 0) is 6.18 Å². The Morgan fingerprint density at radius 2 is 1.53 bits per heavy atom. The number of aryl methyl sites for hydroxylation is 2. The van der Waals surface area contributed by atoms with Crippen molar-refractivity contribution < 1.29 is 13.2 Å². The summed E-state index contributed by atoms with van der Waals surface area (Å²) in [6.45, 7) is 5.76. The predicted molar refractivity (Wildman–Crippen MR) is 142 cm³/mol. The van der Waals surface area contributed by atoms with Crippen molar-refractivity contribution in [3.63, 3.8) is 0 Å². The Bertz CT molecular complexity index is 1490. The number of aromatic nitrogens is 4. The largest absolute Gasteiger partial charge is 0.419 e. The van der Waals surface area contributed by atoms with Crippen LogP contribution >= 0.6 is 0 Å². The Hall–Kier alpha value is -4.39. The molecular formula is C28H27F3N7+. The Morgan fingerprint density at radius 1 is 0.868 bits per heavy atom. The van der Waals surface area contributed by atoms with Crippen LogP contribution in [-0.4, -0.2) is 52.7 Å².